The van der Waals surface area contributed by atoms with Crippen molar-refractivity contribution in [3.05, 3.63) is 0 Å². The van der Waals surface area contributed by atoms with E-state index in [2.05, 4.69) is 5.32 Å². The largest absolute Gasteiger partial charge is 0.370 e. The van der Waals surface area contributed by atoms with Gasteiger partial charge in [0.05, 0.1) is 0 Å². The van der Waals surface area contributed by atoms with E-state index in [0.29, 0.717) is 13.0 Å². The molecule has 3 nitrogen and oxygen atoms in total. The molecule has 100 valence electrons. The van der Waals surface area contributed by atoms with Gasteiger partial charge in [0.1, 0.15) is 0 Å². The zero-order valence-electron chi connectivity index (χ0n) is 10.6. The van der Waals surface area contributed by atoms with Gasteiger partial charge in [-0.05, 0) is 39.2 Å². The van der Waals surface area contributed by atoms with Crippen LogP contribution in [0.25, 0.3) is 0 Å². The van der Waals surface area contributed by atoms with Crippen LogP contribution < -0.4 is 11.1 Å². The number of primary amides is 1. The molecule has 1 saturated carbocycles. The Labute approximate surface area is 101 Å². The third-order valence-corrected chi connectivity index (χ3v) is 3.23. The SMILES string of the molecule is CC(C)(CC(N)=O)NCC1CCCC(F)(F)C1. The van der Waals surface area contributed by atoms with Gasteiger partial charge >= 0.3 is 0 Å². The highest BCUT2D eigenvalue weighted by molar-refractivity contribution is 5.74. The van der Waals surface area contributed by atoms with Crippen LogP contribution >= 0.6 is 0 Å². The number of nitrogens with two attached hydrogens (primary N) is 1. The maximum absolute atomic E-state index is 13.2. The van der Waals surface area contributed by atoms with Gasteiger partial charge in [0.2, 0.25) is 11.8 Å². The lowest BCUT2D eigenvalue weighted by Crippen LogP contribution is -2.46. The lowest BCUT2D eigenvalue weighted by atomic mass is 9.86. The van der Waals surface area contributed by atoms with Crippen LogP contribution in [0.3, 0.4) is 0 Å². The number of carbonyl (C=O) groups excluding carboxylic acids is 1. The summed E-state index contributed by atoms with van der Waals surface area (Å²) in [6, 6.07) is 0. The Morgan fingerprint density at radius 1 is 1.53 bits per heavy atom. The number of carbonyl (C=O) groups is 1. The predicted molar refractivity (Wildman–Crippen MR) is 62.8 cm³/mol. The zero-order chi connectivity index (χ0) is 13.1. The fraction of sp³-hybridized carbons (Fsp3) is 0.917. The van der Waals surface area contributed by atoms with E-state index >= 15 is 0 Å². The molecule has 1 unspecified atom stereocenters. The van der Waals surface area contributed by atoms with E-state index in [9.17, 15) is 13.6 Å². The first-order valence-electron chi connectivity index (χ1n) is 6.11. The molecule has 0 aromatic rings. The summed E-state index contributed by atoms with van der Waals surface area (Å²) in [5, 5.41) is 3.16. The number of halogens is 2. The van der Waals surface area contributed by atoms with Crippen LogP contribution in [0.15, 0.2) is 0 Å². The fourth-order valence-electron chi connectivity index (χ4n) is 2.37. The number of hydrogen-bond acceptors (Lipinski definition) is 2. The summed E-state index contributed by atoms with van der Waals surface area (Å²) in [6.07, 6.45) is 1.59. The maximum atomic E-state index is 13.2. The third kappa shape index (κ3) is 5.44. The molecule has 3 N–H and O–H groups in total. The van der Waals surface area contributed by atoms with Crippen LogP contribution in [0.1, 0.15) is 46.0 Å². The maximum Gasteiger partial charge on any atom is 0.248 e. The molecule has 1 aliphatic carbocycles. The van der Waals surface area contributed by atoms with Gasteiger partial charge in [-0.15, -0.1) is 0 Å². The number of amides is 1. The first-order chi connectivity index (χ1) is 7.70. The van der Waals surface area contributed by atoms with Crippen molar-refractivity contribution in [2.45, 2.75) is 57.4 Å². The molecule has 1 aliphatic rings. The van der Waals surface area contributed by atoms with Gasteiger partial charge in [-0.25, -0.2) is 8.78 Å². The molecule has 0 heterocycles. The van der Waals surface area contributed by atoms with Crippen LogP contribution in [-0.2, 0) is 4.79 Å². The van der Waals surface area contributed by atoms with Crippen LogP contribution in [0, 0.1) is 5.92 Å². The molecule has 0 aliphatic heterocycles. The quantitative estimate of drug-likeness (QED) is 0.782. The van der Waals surface area contributed by atoms with Gasteiger partial charge in [0.15, 0.2) is 0 Å². The minimum atomic E-state index is -2.52. The van der Waals surface area contributed by atoms with Gasteiger partial charge in [0, 0.05) is 24.8 Å². The summed E-state index contributed by atoms with van der Waals surface area (Å²) in [7, 11) is 0. The van der Waals surface area contributed by atoms with Crippen LogP contribution in [-0.4, -0.2) is 23.9 Å². The number of rotatable bonds is 5. The summed E-state index contributed by atoms with van der Waals surface area (Å²) >= 11 is 0. The van der Waals surface area contributed by atoms with Gasteiger partial charge in [-0.3, -0.25) is 4.79 Å². The smallest absolute Gasteiger partial charge is 0.248 e. The molecule has 0 saturated heterocycles. The Hall–Kier alpha value is -0.710. The molecule has 0 aromatic heterocycles. The monoisotopic (exact) mass is 248 g/mol. The Morgan fingerprint density at radius 2 is 2.18 bits per heavy atom. The molecule has 0 radical (unpaired) electrons. The summed E-state index contributed by atoms with van der Waals surface area (Å²) in [5.74, 6) is -2.90. The summed E-state index contributed by atoms with van der Waals surface area (Å²) in [6.45, 7) is 4.24. The van der Waals surface area contributed by atoms with Crippen LogP contribution in [0.2, 0.25) is 0 Å². The van der Waals surface area contributed by atoms with E-state index in [-0.39, 0.29) is 31.1 Å². The Bertz CT molecular complexity index is 280. The molecule has 0 spiro atoms. The average Bonchev–Trinajstić information content (AvgIpc) is 2.11. The molecule has 0 bridgehead atoms. The highest BCUT2D eigenvalue weighted by Gasteiger charge is 2.36. The van der Waals surface area contributed by atoms with Gasteiger partial charge in [-0.2, -0.15) is 0 Å². The summed E-state index contributed by atoms with van der Waals surface area (Å²) in [5.41, 5.74) is 4.71. The van der Waals surface area contributed by atoms with E-state index in [1.807, 2.05) is 13.8 Å². The molecule has 1 fully saturated rings. The summed E-state index contributed by atoms with van der Waals surface area (Å²) < 4.78 is 26.4. The zero-order valence-corrected chi connectivity index (χ0v) is 10.6. The van der Waals surface area contributed by atoms with E-state index in [4.69, 9.17) is 5.73 Å². The van der Waals surface area contributed by atoms with Crippen molar-refractivity contribution < 1.29 is 13.6 Å². The van der Waals surface area contributed by atoms with E-state index in [0.717, 1.165) is 6.42 Å². The van der Waals surface area contributed by atoms with Gasteiger partial charge < -0.3 is 11.1 Å². The minimum absolute atomic E-state index is 0.00811. The van der Waals surface area contributed by atoms with Crippen molar-refractivity contribution in [3.63, 3.8) is 0 Å². The summed E-state index contributed by atoms with van der Waals surface area (Å²) in [4.78, 5) is 10.8. The van der Waals surface area contributed by atoms with Crippen molar-refractivity contribution in [1.29, 1.82) is 0 Å². The first kappa shape index (κ1) is 14.4. The predicted octanol–water partition coefficient (Wildman–Crippen LogP) is 2.06. The van der Waals surface area contributed by atoms with E-state index < -0.39 is 11.5 Å². The van der Waals surface area contributed by atoms with Gasteiger partial charge in [0.25, 0.3) is 0 Å². The van der Waals surface area contributed by atoms with Crippen LogP contribution in [0.4, 0.5) is 8.78 Å². The first-order valence-corrected chi connectivity index (χ1v) is 6.11. The number of hydrogen-bond donors (Lipinski definition) is 2. The number of alkyl halides is 2. The molecular formula is C12H22F2N2O. The molecule has 1 rings (SSSR count). The topological polar surface area (TPSA) is 55.1 Å². The number of nitrogens with one attached hydrogen (secondary N) is 1. The van der Waals surface area contributed by atoms with Crippen LogP contribution in [0.5, 0.6) is 0 Å². The van der Waals surface area contributed by atoms with Crippen molar-refractivity contribution in [2.24, 2.45) is 11.7 Å². The second kappa shape index (κ2) is 5.29. The lowest BCUT2D eigenvalue weighted by Gasteiger charge is -2.32. The highest BCUT2D eigenvalue weighted by Crippen LogP contribution is 2.36. The third-order valence-electron chi connectivity index (χ3n) is 3.23. The molecule has 1 atom stereocenters. The molecular weight excluding hydrogens is 226 g/mol. The molecule has 17 heavy (non-hydrogen) atoms. The second-order valence-electron chi connectivity index (χ2n) is 5.73. The average molecular weight is 248 g/mol. The molecule has 1 amide bonds. The lowest BCUT2D eigenvalue weighted by molar-refractivity contribution is -0.119. The van der Waals surface area contributed by atoms with Crippen molar-refractivity contribution >= 4 is 5.91 Å². The van der Waals surface area contributed by atoms with E-state index in [1.54, 1.807) is 0 Å². The Kier molecular flexibility index (Phi) is 4.47. The van der Waals surface area contributed by atoms with Crippen molar-refractivity contribution in [1.82, 2.24) is 5.32 Å². The Morgan fingerprint density at radius 3 is 2.71 bits per heavy atom. The molecule has 0 aromatic carbocycles. The highest BCUT2D eigenvalue weighted by atomic mass is 19.3. The van der Waals surface area contributed by atoms with Crippen molar-refractivity contribution in [2.75, 3.05) is 6.54 Å². The normalized spacial score (nSPS) is 24.6. The standard InChI is InChI=1S/C12H22F2N2O/c1-11(2,7-10(15)17)16-8-9-4-3-5-12(13,14)6-9/h9,16H,3-8H2,1-2H3,(H2,15,17). The van der Waals surface area contributed by atoms with E-state index in [1.165, 1.54) is 0 Å². The Balaban J connectivity index is 2.37. The fourth-order valence-corrected chi connectivity index (χ4v) is 2.37. The van der Waals surface area contributed by atoms with Crippen molar-refractivity contribution in [3.8, 4) is 0 Å². The molecule has 5 heteroatoms. The second-order valence-corrected chi connectivity index (χ2v) is 5.73. The van der Waals surface area contributed by atoms with Gasteiger partial charge in [-0.1, -0.05) is 0 Å². The minimum Gasteiger partial charge on any atom is -0.370 e.